The Morgan fingerprint density at radius 2 is 1.79 bits per heavy atom. The lowest BCUT2D eigenvalue weighted by atomic mass is 10.0. The van der Waals surface area contributed by atoms with E-state index in [0.29, 0.717) is 19.0 Å². The number of anilines is 2. The molecule has 3 N–H and O–H groups in total. The molecular formula is C24H34N4O. The van der Waals surface area contributed by atoms with Crippen molar-refractivity contribution in [1.82, 2.24) is 4.90 Å². The summed E-state index contributed by atoms with van der Waals surface area (Å²) in [5, 5.41) is 3.30. The van der Waals surface area contributed by atoms with Gasteiger partial charge in [0.05, 0.1) is 0 Å². The van der Waals surface area contributed by atoms with E-state index in [1.807, 2.05) is 42.2 Å². The largest absolute Gasteiger partial charge is 0.384 e. The van der Waals surface area contributed by atoms with E-state index in [1.165, 1.54) is 5.56 Å². The fraction of sp³-hybridized carbons (Fsp3) is 0.458. The third kappa shape index (κ3) is 6.05. The summed E-state index contributed by atoms with van der Waals surface area (Å²) in [5.74, 6) is 0.220. The van der Waals surface area contributed by atoms with Crippen LogP contribution in [0.2, 0.25) is 0 Å². The van der Waals surface area contributed by atoms with Crippen LogP contribution in [0.15, 0.2) is 54.6 Å². The highest BCUT2D eigenvalue weighted by Gasteiger charge is 2.28. The van der Waals surface area contributed by atoms with Crippen LogP contribution in [0.4, 0.5) is 11.4 Å². The first kappa shape index (κ1) is 21.3. The van der Waals surface area contributed by atoms with Crippen molar-refractivity contribution in [2.45, 2.75) is 38.6 Å². The van der Waals surface area contributed by atoms with Crippen LogP contribution in [0.1, 0.15) is 31.7 Å². The third-order valence-corrected chi connectivity index (χ3v) is 5.67. The molecular weight excluding hydrogens is 360 g/mol. The Balaban J connectivity index is 1.50. The molecule has 1 aliphatic rings. The molecule has 2 aromatic carbocycles. The van der Waals surface area contributed by atoms with E-state index in [1.54, 1.807) is 0 Å². The van der Waals surface area contributed by atoms with E-state index in [-0.39, 0.29) is 5.91 Å². The highest BCUT2D eigenvalue weighted by molar-refractivity contribution is 5.93. The summed E-state index contributed by atoms with van der Waals surface area (Å²) >= 11 is 0. The second kappa shape index (κ2) is 11.0. The summed E-state index contributed by atoms with van der Waals surface area (Å²) in [7, 11) is 0. The molecule has 1 fully saturated rings. The Hall–Kier alpha value is -2.37. The maximum Gasteiger partial charge on any atom is 0.226 e. The number of piperidine rings is 1. The van der Waals surface area contributed by atoms with Crippen molar-refractivity contribution in [3.8, 4) is 0 Å². The summed E-state index contributed by atoms with van der Waals surface area (Å²) in [6, 6.07) is 19.1. The third-order valence-electron chi connectivity index (χ3n) is 5.67. The van der Waals surface area contributed by atoms with E-state index in [4.69, 9.17) is 5.73 Å². The minimum absolute atomic E-state index is 0.220. The van der Waals surface area contributed by atoms with Gasteiger partial charge in [-0.1, -0.05) is 37.3 Å². The highest BCUT2D eigenvalue weighted by Crippen LogP contribution is 2.24. The number of benzene rings is 2. The normalized spacial score (nSPS) is 15.2. The molecule has 0 atom stereocenters. The van der Waals surface area contributed by atoms with Crippen molar-refractivity contribution >= 4 is 17.3 Å². The predicted molar refractivity (Wildman–Crippen MR) is 121 cm³/mol. The number of likely N-dealkylation sites (tertiary alicyclic amines) is 1. The van der Waals surface area contributed by atoms with Crippen molar-refractivity contribution in [3.63, 3.8) is 0 Å². The number of nitrogens with two attached hydrogens (primary N) is 1. The first-order valence-electron chi connectivity index (χ1n) is 10.8. The first-order chi connectivity index (χ1) is 14.2. The van der Waals surface area contributed by atoms with Crippen LogP contribution in [0.5, 0.6) is 0 Å². The molecule has 156 valence electrons. The number of carbonyl (C=O) groups excluding carboxylic acids is 1. The Kier molecular flexibility index (Phi) is 8.08. The summed E-state index contributed by atoms with van der Waals surface area (Å²) in [4.78, 5) is 17.2. The minimum atomic E-state index is 0.220. The molecule has 1 saturated heterocycles. The van der Waals surface area contributed by atoms with Crippen molar-refractivity contribution in [2.24, 2.45) is 5.73 Å². The monoisotopic (exact) mass is 394 g/mol. The van der Waals surface area contributed by atoms with Crippen molar-refractivity contribution in [3.05, 3.63) is 60.2 Å². The lowest BCUT2D eigenvalue weighted by Crippen LogP contribution is -2.47. The van der Waals surface area contributed by atoms with Crippen LogP contribution in [0.25, 0.3) is 0 Å². The van der Waals surface area contributed by atoms with Gasteiger partial charge in [-0.25, -0.2) is 0 Å². The summed E-state index contributed by atoms with van der Waals surface area (Å²) in [5.41, 5.74) is 9.05. The average Bonchev–Trinajstić information content (AvgIpc) is 2.78. The Morgan fingerprint density at radius 1 is 1.10 bits per heavy atom. The molecule has 2 aromatic rings. The molecule has 29 heavy (non-hydrogen) atoms. The van der Waals surface area contributed by atoms with E-state index in [0.717, 1.165) is 56.8 Å². The molecule has 0 aliphatic carbocycles. The fourth-order valence-electron chi connectivity index (χ4n) is 4.01. The van der Waals surface area contributed by atoms with Crippen LogP contribution >= 0.6 is 0 Å². The lowest BCUT2D eigenvalue weighted by Gasteiger charge is -2.38. The Labute approximate surface area is 174 Å². The van der Waals surface area contributed by atoms with Gasteiger partial charge in [-0.05, 0) is 49.1 Å². The number of nitrogens with one attached hydrogen (secondary N) is 1. The second-order valence-corrected chi connectivity index (χ2v) is 7.69. The SMILES string of the molecule is CCC(=O)N(c1ccccc1)C1CCN(CCc2ccc(NCCN)cc2)CC1. The van der Waals surface area contributed by atoms with E-state index >= 15 is 0 Å². The molecule has 0 spiro atoms. The molecule has 1 amide bonds. The lowest BCUT2D eigenvalue weighted by molar-refractivity contribution is -0.119. The summed E-state index contributed by atoms with van der Waals surface area (Å²) in [6.45, 7) is 6.54. The minimum Gasteiger partial charge on any atom is -0.384 e. The molecule has 0 unspecified atom stereocenters. The molecule has 0 bridgehead atoms. The van der Waals surface area contributed by atoms with Crippen molar-refractivity contribution in [1.29, 1.82) is 0 Å². The molecule has 5 heteroatoms. The number of para-hydroxylation sites is 1. The van der Waals surface area contributed by atoms with Crippen LogP contribution in [-0.4, -0.2) is 49.6 Å². The van der Waals surface area contributed by atoms with Crippen LogP contribution in [0.3, 0.4) is 0 Å². The van der Waals surface area contributed by atoms with Gasteiger partial charge in [0, 0.05) is 56.6 Å². The predicted octanol–water partition coefficient (Wildman–Crippen LogP) is 3.51. The zero-order valence-corrected chi connectivity index (χ0v) is 17.5. The van der Waals surface area contributed by atoms with Gasteiger partial charge in [-0.3, -0.25) is 4.79 Å². The van der Waals surface area contributed by atoms with Crippen LogP contribution in [-0.2, 0) is 11.2 Å². The van der Waals surface area contributed by atoms with E-state index < -0.39 is 0 Å². The van der Waals surface area contributed by atoms with E-state index in [2.05, 4.69) is 34.5 Å². The van der Waals surface area contributed by atoms with Gasteiger partial charge in [-0.15, -0.1) is 0 Å². The molecule has 5 nitrogen and oxygen atoms in total. The number of rotatable bonds is 9. The van der Waals surface area contributed by atoms with Gasteiger partial charge in [0.25, 0.3) is 0 Å². The molecule has 1 heterocycles. The number of amides is 1. The summed E-state index contributed by atoms with van der Waals surface area (Å²) in [6.07, 6.45) is 3.66. The number of carbonyl (C=O) groups is 1. The highest BCUT2D eigenvalue weighted by atomic mass is 16.2. The molecule has 0 radical (unpaired) electrons. The van der Waals surface area contributed by atoms with Crippen LogP contribution < -0.4 is 16.0 Å². The molecule has 1 aliphatic heterocycles. The zero-order chi connectivity index (χ0) is 20.5. The van der Waals surface area contributed by atoms with Gasteiger partial charge in [0.2, 0.25) is 5.91 Å². The van der Waals surface area contributed by atoms with Gasteiger partial charge >= 0.3 is 0 Å². The van der Waals surface area contributed by atoms with Crippen molar-refractivity contribution in [2.75, 3.05) is 42.9 Å². The second-order valence-electron chi connectivity index (χ2n) is 7.69. The number of hydrogen-bond acceptors (Lipinski definition) is 4. The smallest absolute Gasteiger partial charge is 0.226 e. The Bertz CT molecular complexity index is 739. The molecule has 0 saturated carbocycles. The van der Waals surface area contributed by atoms with Crippen molar-refractivity contribution < 1.29 is 4.79 Å². The number of hydrogen-bond donors (Lipinski definition) is 2. The number of nitrogens with zero attached hydrogens (tertiary/aromatic N) is 2. The maximum atomic E-state index is 12.6. The maximum absolute atomic E-state index is 12.6. The zero-order valence-electron chi connectivity index (χ0n) is 17.5. The quantitative estimate of drug-likeness (QED) is 0.683. The van der Waals surface area contributed by atoms with Gasteiger partial charge in [0.1, 0.15) is 0 Å². The van der Waals surface area contributed by atoms with E-state index in [9.17, 15) is 4.79 Å². The van der Waals surface area contributed by atoms with Gasteiger partial charge in [-0.2, -0.15) is 0 Å². The van der Waals surface area contributed by atoms with Gasteiger partial charge < -0.3 is 20.9 Å². The molecule has 3 rings (SSSR count). The van der Waals surface area contributed by atoms with Gasteiger partial charge in [0.15, 0.2) is 0 Å². The molecule has 0 aromatic heterocycles. The Morgan fingerprint density at radius 3 is 2.41 bits per heavy atom. The standard InChI is InChI=1S/C24H34N4O/c1-2-24(29)28(22-6-4-3-5-7-22)23-13-18-27(19-14-23)17-12-20-8-10-21(11-9-20)26-16-15-25/h3-11,23,26H,2,12-19,25H2,1H3. The fourth-order valence-corrected chi connectivity index (χ4v) is 4.01. The average molecular weight is 395 g/mol. The topological polar surface area (TPSA) is 61.6 Å². The summed E-state index contributed by atoms with van der Waals surface area (Å²) < 4.78 is 0. The first-order valence-corrected chi connectivity index (χ1v) is 10.8. The van der Waals surface area contributed by atoms with Crippen LogP contribution in [0, 0.1) is 0 Å².